The average Bonchev–Trinajstić information content (AvgIpc) is 3.15. The Balaban J connectivity index is 1.42. The zero-order valence-corrected chi connectivity index (χ0v) is 15.4. The van der Waals surface area contributed by atoms with Gasteiger partial charge in [0.2, 0.25) is 0 Å². The summed E-state index contributed by atoms with van der Waals surface area (Å²) in [7, 11) is 0. The van der Waals surface area contributed by atoms with Crippen LogP contribution in [-0.4, -0.2) is 65.4 Å². The van der Waals surface area contributed by atoms with E-state index in [2.05, 4.69) is 29.0 Å². The standard InChI is InChI=1S/C20H27N3O3/c1-12-13(2)21-19-4-3-14(7-18(12)19)20(25)22-15-8-16-11-26-17(5-6-24)10-23(16)9-15/h3-4,7,15-17,21,24H,5-6,8-11H2,1-2H3,(H,22,25)/t15-,16-,17-/m0/s1. The van der Waals surface area contributed by atoms with E-state index in [1.807, 2.05) is 18.2 Å². The summed E-state index contributed by atoms with van der Waals surface area (Å²) >= 11 is 0. The van der Waals surface area contributed by atoms with Crippen LogP contribution in [0.1, 0.15) is 34.5 Å². The lowest BCUT2D eigenvalue weighted by Crippen LogP contribution is -2.46. The molecule has 2 fully saturated rings. The molecular formula is C20H27N3O3. The van der Waals surface area contributed by atoms with E-state index >= 15 is 0 Å². The molecule has 0 aliphatic carbocycles. The Morgan fingerprint density at radius 1 is 1.38 bits per heavy atom. The molecule has 0 bridgehead atoms. The van der Waals surface area contributed by atoms with Crippen molar-refractivity contribution in [3.8, 4) is 0 Å². The summed E-state index contributed by atoms with van der Waals surface area (Å²) in [4.78, 5) is 18.5. The Kier molecular flexibility index (Phi) is 4.73. The monoisotopic (exact) mass is 357 g/mol. The summed E-state index contributed by atoms with van der Waals surface area (Å²) in [6, 6.07) is 6.36. The van der Waals surface area contributed by atoms with Crippen molar-refractivity contribution < 1.29 is 14.6 Å². The quantitative estimate of drug-likeness (QED) is 0.779. The molecule has 140 valence electrons. The van der Waals surface area contributed by atoms with Gasteiger partial charge in [-0.1, -0.05) is 0 Å². The number of aryl methyl sites for hydroxylation is 2. The molecule has 1 amide bonds. The zero-order valence-electron chi connectivity index (χ0n) is 15.4. The van der Waals surface area contributed by atoms with E-state index in [9.17, 15) is 4.79 Å². The number of H-pyrrole nitrogens is 1. The van der Waals surface area contributed by atoms with Crippen molar-refractivity contribution in [1.82, 2.24) is 15.2 Å². The summed E-state index contributed by atoms with van der Waals surface area (Å²) in [5.74, 6) is -0.0113. The van der Waals surface area contributed by atoms with Gasteiger partial charge in [-0.3, -0.25) is 9.69 Å². The minimum atomic E-state index is -0.0113. The number of nitrogens with zero attached hydrogens (tertiary/aromatic N) is 1. The van der Waals surface area contributed by atoms with E-state index in [1.165, 1.54) is 5.56 Å². The van der Waals surface area contributed by atoms with Gasteiger partial charge in [0.15, 0.2) is 0 Å². The highest BCUT2D eigenvalue weighted by Crippen LogP contribution is 2.25. The molecule has 0 radical (unpaired) electrons. The third-order valence-corrected chi connectivity index (χ3v) is 5.85. The lowest BCUT2D eigenvalue weighted by Gasteiger charge is -2.34. The SMILES string of the molecule is Cc1[nH]c2ccc(C(=O)N[C@H]3C[C@H]4CO[C@@H](CCO)CN4C3)cc2c1C. The Morgan fingerprint density at radius 2 is 2.23 bits per heavy atom. The highest BCUT2D eigenvalue weighted by Gasteiger charge is 2.37. The van der Waals surface area contributed by atoms with Gasteiger partial charge in [0.05, 0.1) is 12.7 Å². The fraction of sp³-hybridized carbons (Fsp3) is 0.550. The van der Waals surface area contributed by atoms with Crippen LogP contribution >= 0.6 is 0 Å². The molecule has 3 N–H and O–H groups in total. The van der Waals surface area contributed by atoms with E-state index in [0.29, 0.717) is 24.6 Å². The molecule has 2 aliphatic rings. The number of aromatic amines is 1. The molecule has 6 heteroatoms. The summed E-state index contributed by atoms with van der Waals surface area (Å²) in [6.45, 7) is 6.66. The number of carbonyl (C=O) groups excluding carboxylic acids is 1. The fourth-order valence-electron chi connectivity index (χ4n) is 4.24. The predicted octanol–water partition coefficient (Wildman–Crippen LogP) is 1.74. The minimum Gasteiger partial charge on any atom is -0.396 e. The second kappa shape index (κ2) is 7.02. The first-order valence-electron chi connectivity index (χ1n) is 9.41. The number of aromatic nitrogens is 1. The van der Waals surface area contributed by atoms with Crippen LogP contribution in [-0.2, 0) is 4.74 Å². The van der Waals surface area contributed by atoms with Crippen LogP contribution in [0.2, 0.25) is 0 Å². The smallest absolute Gasteiger partial charge is 0.251 e. The molecule has 26 heavy (non-hydrogen) atoms. The number of fused-ring (bicyclic) bond motifs is 2. The van der Waals surface area contributed by atoms with Crippen LogP contribution in [0.3, 0.4) is 0 Å². The van der Waals surface area contributed by atoms with Crippen LogP contribution in [0.5, 0.6) is 0 Å². The summed E-state index contributed by atoms with van der Waals surface area (Å²) < 4.78 is 5.82. The Labute approximate surface area is 153 Å². The van der Waals surface area contributed by atoms with Crippen molar-refractivity contribution in [2.45, 2.75) is 44.9 Å². The number of aliphatic hydroxyl groups is 1. The highest BCUT2D eigenvalue weighted by atomic mass is 16.5. The van der Waals surface area contributed by atoms with Crippen molar-refractivity contribution in [2.24, 2.45) is 0 Å². The van der Waals surface area contributed by atoms with E-state index in [4.69, 9.17) is 9.84 Å². The molecule has 3 heterocycles. The lowest BCUT2D eigenvalue weighted by molar-refractivity contribution is -0.0566. The first kappa shape index (κ1) is 17.5. The molecule has 1 aromatic carbocycles. The van der Waals surface area contributed by atoms with E-state index in [1.54, 1.807) is 0 Å². The Bertz CT molecular complexity index is 816. The molecule has 0 unspecified atom stereocenters. The van der Waals surface area contributed by atoms with Gasteiger partial charge in [0.1, 0.15) is 0 Å². The van der Waals surface area contributed by atoms with Crippen molar-refractivity contribution in [2.75, 3.05) is 26.3 Å². The Morgan fingerprint density at radius 3 is 3.04 bits per heavy atom. The molecule has 0 saturated carbocycles. The number of nitrogens with one attached hydrogen (secondary N) is 2. The van der Waals surface area contributed by atoms with Gasteiger partial charge in [-0.25, -0.2) is 0 Å². The Hall–Kier alpha value is -1.89. The van der Waals surface area contributed by atoms with Crippen LogP contribution in [0, 0.1) is 13.8 Å². The van der Waals surface area contributed by atoms with Crippen LogP contribution < -0.4 is 5.32 Å². The predicted molar refractivity (Wildman–Crippen MR) is 100 cm³/mol. The van der Waals surface area contributed by atoms with Crippen LogP contribution in [0.25, 0.3) is 10.9 Å². The normalized spacial score (nSPS) is 26.2. The molecule has 2 saturated heterocycles. The van der Waals surface area contributed by atoms with Crippen molar-refractivity contribution in [1.29, 1.82) is 0 Å². The van der Waals surface area contributed by atoms with Gasteiger partial charge in [-0.15, -0.1) is 0 Å². The molecule has 2 aromatic rings. The minimum absolute atomic E-state index is 0.0113. The number of carbonyl (C=O) groups is 1. The first-order valence-corrected chi connectivity index (χ1v) is 9.41. The van der Waals surface area contributed by atoms with E-state index < -0.39 is 0 Å². The molecular weight excluding hydrogens is 330 g/mol. The fourth-order valence-corrected chi connectivity index (χ4v) is 4.24. The third-order valence-electron chi connectivity index (χ3n) is 5.85. The largest absolute Gasteiger partial charge is 0.396 e. The number of aliphatic hydroxyl groups excluding tert-OH is 1. The second-order valence-corrected chi connectivity index (χ2v) is 7.62. The van der Waals surface area contributed by atoms with Gasteiger partial charge >= 0.3 is 0 Å². The number of amides is 1. The summed E-state index contributed by atoms with van der Waals surface area (Å²) in [5.41, 5.74) is 4.11. The van der Waals surface area contributed by atoms with Gasteiger partial charge in [-0.2, -0.15) is 0 Å². The number of ether oxygens (including phenoxy) is 1. The zero-order chi connectivity index (χ0) is 18.3. The molecule has 1 aromatic heterocycles. The van der Waals surface area contributed by atoms with E-state index in [0.717, 1.165) is 36.1 Å². The van der Waals surface area contributed by atoms with Crippen molar-refractivity contribution in [3.63, 3.8) is 0 Å². The van der Waals surface area contributed by atoms with Crippen molar-refractivity contribution in [3.05, 3.63) is 35.0 Å². The van der Waals surface area contributed by atoms with Gasteiger partial charge < -0.3 is 20.1 Å². The number of rotatable bonds is 4. The molecule has 4 rings (SSSR count). The van der Waals surface area contributed by atoms with Crippen LogP contribution in [0.15, 0.2) is 18.2 Å². The number of benzene rings is 1. The lowest BCUT2D eigenvalue weighted by atomic mass is 10.1. The maximum Gasteiger partial charge on any atom is 0.251 e. The second-order valence-electron chi connectivity index (χ2n) is 7.62. The maximum absolute atomic E-state index is 12.7. The maximum atomic E-state index is 12.7. The third kappa shape index (κ3) is 3.24. The van der Waals surface area contributed by atoms with Crippen molar-refractivity contribution >= 4 is 16.8 Å². The molecule has 6 nitrogen and oxygen atoms in total. The summed E-state index contributed by atoms with van der Waals surface area (Å²) in [6.07, 6.45) is 1.70. The van der Waals surface area contributed by atoms with Gasteiger partial charge in [0.25, 0.3) is 5.91 Å². The van der Waals surface area contributed by atoms with E-state index in [-0.39, 0.29) is 24.7 Å². The number of hydrogen-bond donors (Lipinski definition) is 3. The highest BCUT2D eigenvalue weighted by molar-refractivity contribution is 5.99. The average molecular weight is 357 g/mol. The summed E-state index contributed by atoms with van der Waals surface area (Å²) in [5, 5.41) is 13.4. The first-order chi connectivity index (χ1) is 12.5. The van der Waals surface area contributed by atoms with Gasteiger partial charge in [0, 0.05) is 53.9 Å². The van der Waals surface area contributed by atoms with Crippen LogP contribution in [0.4, 0.5) is 0 Å². The number of morpholine rings is 1. The van der Waals surface area contributed by atoms with Gasteiger partial charge in [-0.05, 0) is 50.5 Å². The molecule has 0 spiro atoms. The number of hydrogen-bond acceptors (Lipinski definition) is 4. The molecule has 2 aliphatic heterocycles. The topological polar surface area (TPSA) is 77.6 Å². The molecule has 3 atom stereocenters.